The van der Waals surface area contributed by atoms with Crippen LogP contribution in [0.5, 0.6) is 0 Å². The van der Waals surface area contributed by atoms with Crippen molar-refractivity contribution in [2.24, 2.45) is 5.92 Å². The SMILES string of the molecule is CCC(CC)c1nnc(NC(=O)[C@@H]2CC(=O)N(CCc3c[nH]c4ccc(F)cc34)C2)s1. The standard InChI is InChI=1S/C22H26FN5O2S/c1-3-13(4-2)21-26-27-22(31-21)25-20(30)15-9-19(29)28(12-15)8-7-14-11-24-18-6-5-16(23)10-17(14)18/h5-6,10-11,13,15,24H,3-4,7-9,12H2,1-2H3,(H,25,27,30)/t15-/m1/s1. The molecule has 2 amide bonds. The Balaban J connectivity index is 1.34. The highest BCUT2D eigenvalue weighted by Crippen LogP contribution is 2.29. The molecule has 3 heterocycles. The Morgan fingerprint density at radius 3 is 2.94 bits per heavy atom. The molecule has 1 saturated heterocycles. The molecule has 2 aromatic heterocycles. The Morgan fingerprint density at radius 1 is 1.35 bits per heavy atom. The molecule has 1 fully saturated rings. The van der Waals surface area contributed by atoms with Crippen LogP contribution in [0.15, 0.2) is 24.4 Å². The van der Waals surface area contributed by atoms with Crippen molar-refractivity contribution in [3.8, 4) is 0 Å². The normalized spacial score (nSPS) is 16.6. The maximum atomic E-state index is 13.6. The molecule has 31 heavy (non-hydrogen) atoms. The number of nitrogens with zero attached hydrogens (tertiary/aromatic N) is 3. The molecule has 0 saturated carbocycles. The summed E-state index contributed by atoms with van der Waals surface area (Å²) in [5, 5.41) is 13.4. The minimum absolute atomic E-state index is 0.0406. The van der Waals surface area contributed by atoms with E-state index in [0.29, 0.717) is 30.6 Å². The van der Waals surface area contributed by atoms with Crippen LogP contribution in [-0.2, 0) is 16.0 Å². The molecule has 1 atom stereocenters. The Kier molecular flexibility index (Phi) is 6.31. The van der Waals surface area contributed by atoms with Crippen LogP contribution < -0.4 is 5.32 Å². The molecular formula is C22H26FN5O2S. The second kappa shape index (κ2) is 9.13. The molecule has 9 heteroatoms. The minimum Gasteiger partial charge on any atom is -0.361 e. The van der Waals surface area contributed by atoms with Gasteiger partial charge in [0, 0.05) is 42.5 Å². The molecule has 0 spiro atoms. The number of likely N-dealkylation sites (tertiary alicyclic amines) is 1. The third kappa shape index (κ3) is 4.61. The smallest absolute Gasteiger partial charge is 0.231 e. The van der Waals surface area contributed by atoms with Crippen molar-refractivity contribution in [3.63, 3.8) is 0 Å². The topological polar surface area (TPSA) is 91.0 Å². The Labute approximate surface area is 184 Å². The number of halogens is 1. The number of anilines is 1. The summed E-state index contributed by atoms with van der Waals surface area (Å²) < 4.78 is 13.6. The van der Waals surface area contributed by atoms with Gasteiger partial charge in [0.05, 0.1) is 5.92 Å². The van der Waals surface area contributed by atoms with E-state index in [0.717, 1.165) is 34.3 Å². The van der Waals surface area contributed by atoms with Crippen LogP contribution in [-0.4, -0.2) is 45.0 Å². The zero-order valence-corrected chi connectivity index (χ0v) is 18.5. The summed E-state index contributed by atoms with van der Waals surface area (Å²) in [7, 11) is 0. The fourth-order valence-electron chi connectivity index (χ4n) is 4.07. The van der Waals surface area contributed by atoms with Gasteiger partial charge < -0.3 is 15.2 Å². The second-order valence-corrected chi connectivity index (χ2v) is 8.95. The number of aromatic amines is 1. The van der Waals surface area contributed by atoms with Crippen molar-refractivity contribution in [1.29, 1.82) is 0 Å². The summed E-state index contributed by atoms with van der Waals surface area (Å²) in [5.74, 6) is -0.581. The molecule has 2 N–H and O–H groups in total. The predicted octanol–water partition coefficient (Wildman–Crippen LogP) is 4.09. The monoisotopic (exact) mass is 443 g/mol. The van der Waals surface area contributed by atoms with Crippen LogP contribution in [0.4, 0.5) is 9.52 Å². The first-order chi connectivity index (χ1) is 15.0. The highest BCUT2D eigenvalue weighted by molar-refractivity contribution is 7.15. The van der Waals surface area contributed by atoms with E-state index in [-0.39, 0.29) is 24.1 Å². The molecule has 1 aliphatic rings. The Morgan fingerprint density at radius 2 is 2.16 bits per heavy atom. The van der Waals surface area contributed by atoms with Crippen molar-refractivity contribution >= 4 is 39.2 Å². The van der Waals surface area contributed by atoms with Crippen molar-refractivity contribution < 1.29 is 14.0 Å². The number of carbonyl (C=O) groups excluding carboxylic acids is 2. The zero-order chi connectivity index (χ0) is 22.0. The molecule has 0 unspecified atom stereocenters. The number of H-pyrrole nitrogens is 1. The number of hydrogen-bond acceptors (Lipinski definition) is 5. The fourth-order valence-corrected chi connectivity index (χ4v) is 5.09. The average molecular weight is 444 g/mol. The van der Waals surface area contributed by atoms with E-state index in [4.69, 9.17) is 0 Å². The maximum Gasteiger partial charge on any atom is 0.231 e. The van der Waals surface area contributed by atoms with Gasteiger partial charge in [0.1, 0.15) is 10.8 Å². The molecule has 0 bridgehead atoms. The Hall–Kier alpha value is -2.81. The van der Waals surface area contributed by atoms with Gasteiger partial charge in [0.2, 0.25) is 16.9 Å². The summed E-state index contributed by atoms with van der Waals surface area (Å²) in [6.07, 6.45) is 4.59. The van der Waals surface area contributed by atoms with Crippen molar-refractivity contribution in [3.05, 3.63) is 40.8 Å². The first kappa shape index (κ1) is 21.4. The van der Waals surface area contributed by atoms with Gasteiger partial charge in [-0.1, -0.05) is 25.2 Å². The lowest BCUT2D eigenvalue weighted by Gasteiger charge is -2.16. The van der Waals surface area contributed by atoms with E-state index in [2.05, 4.69) is 34.3 Å². The molecule has 1 aliphatic heterocycles. The lowest BCUT2D eigenvalue weighted by Crippen LogP contribution is -2.30. The van der Waals surface area contributed by atoms with E-state index >= 15 is 0 Å². The molecule has 7 nitrogen and oxygen atoms in total. The first-order valence-corrected chi connectivity index (χ1v) is 11.5. The second-order valence-electron chi connectivity index (χ2n) is 7.94. The number of carbonyl (C=O) groups is 2. The minimum atomic E-state index is -0.409. The first-order valence-electron chi connectivity index (χ1n) is 10.7. The number of fused-ring (bicyclic) bond motifs is 1. The number of nitrogens with one attached hydrogen (secondary N) is 2. The lowest BCUT2D eigenvalue weighted by molar-refractivity contribution is -0.128. The number of rotatable bonds is 8. The van der Waals surface area contributed by atoms with Gasteiger partial charge in [-0.05, 0) is 43.0 Å². The third-order valence-corrected chi connectivity index (χ3v) is 6.97. The van der Waals surface area contributed by atoms with Gasteiger partial charge in [-0.3, -0.25) is 9.59 Å². The fraction of sp³-hybridized carbons (Fsp3) is 0.455. The van der Waals surface area contributed by atoms with Gasteiger partial charge in [0.15, 0.2) is 0 Å². The lowest BCUT2D eigenvalue weighted by atomic mass is 10.1. The molecule has 0 aliphatic carbocycles. The quantitative estimate of drug-likeness (QED) is 0.549. The van der Waals surface area contributed by atoms with Gasteiger partial charge in [0.25, 0.3) is 0 Å². The average Bonchev–Trinajstić information content (AvgIpc) is 3.46. The van der Waals surface area contributed by atoms with E-state index in [1.807, 2.05) is 6.20 Å². The van der Waals surface area contributed by atoms with Crippen LogP contribution in [0.1, 0.15) is 49.6 Å². The highest BCUT2D eigenvalue weighted by Gasteiger charge is 2.34. The van der Waals surface area contributed by atoms with E-state index in [9.17, 15) is 14.0 Å². The maximum absolute atomic E-state index is 13.6. The van der Waals surface area contributed by atoms with Crippen molar-refractivity contribution in [2.45, 2.75) is 45.4 Å². The molecule has 4 rings (SSSR count). The van der Waals surface area contributed by atoms with Gasteiger partial charge >= 0.3 is 0 Å². The van der Waals surface area contributed by atoms with Crippen molar-refractivity contribution in [2.75, 3.05) is 18.4 Å². The van der Waals surface area contributed by atoms with Crippen LogP contribution in [0.3, 0.4) is 0 Å². The van der Waals surface area contributed by atoms with Crippen LogP contribution in [0.2, 0.25) is 0 Å². The molecular weight excluding hydrogens is 417 g/mol. The molecule has 164 valence electrons. The zero-order valence-electron chi connectivity index (χ0n) is 17.7. The molecule has 1 aromatic carbocycles. The van der Waals surface area contributed by atoms with E-state index < -0.39 is 5.92 Å². The number of amides is 2. The largest absolute Gasteiger partial charge is 0.361 e. The third-order valence-electron chi connectivity index (χ3n) is 5.97. The number of benzene rings is 1. The summed E-state index contributed by atoms with van der Waals surface area (Å²) in [6, 6.07) is 4.63. The van der Waals surface area contributed by atoms with E-state index in [1.165, 1.54) is 23.5 Å². The van der Waals surface area contributed by atoms with Crippen LogP contribution in [0, 0.1) is 11.7 Å². The van der Waals surface area contributed by atoms with Crippen molar-refractivity contribution in [1.82, 2.24) is 20.1 Å². The van der Waals surface area contributed by atoms with Gasteiger partial charge in [-0.15, -0.1) is 10.2 Å². The predicted molar refractivity (Wildman–Crippen MR) is 119 cm³/mol. The highest BCUT2D eigenvalue weighted by atomic mass is 32.1. The van der Waals surface area contributed by atoms with Crippen LogP contribution in [0.25, 0.3) is 10.9 Å². The number of hydrogen-bond donors (Lipinski definition) is 2. The number of aromatic nitrogens is 3. The Bertz CT molecular complexity index is 1090. The molecule has 0 radical (unpaired) electrons. The summed E-state index contributed by atoms with van der Waals surface area (Å²) in [6.45, 7) is 5.09. The summed E-state index contributed by atoms with van der Waals surface area (Å²) in [4.78, 5) is 29.9. The van der Waals surface area contributed by atoms with E-state index in [1.54, 1.807) is 11.0 Å². The summed E-state index contributed by atoms with van der Waals surface area (Å²) in [5.41, 5.74) is 1.82. The van der Waals surface area contributed by atoms with Crippen LogP contribution >= 0.6 is 11.3 Å². The van der Waals surface area contributed by atoms with Gasteiger partial charge in [-0.25, -0.2) is 4.39 Å². The summed E-state index contributed by atoms with van der Waals surface area (Å²) >= 11 is 1.40. The van der Waals surface area contributed by atoms with Gasteiger partial charge in [-0.2, -0.15) is 0 Å². The molecule has 3 aromatic rings.